The van der Waals surface area contributed by atoms with Gasteiger partial charge in [0.2, 0.25) is 5.95 Å². The highest BCUT2D eigenvalue weighted by Crippen LogP contribution is 2.27. The first-order valence-electron chi connectivity index (χ1n) is 9.80. The van der Waals surface area contributed by atoms with Crippen LogP contribution in [0.25, 0.3) is 0 Å². The Hall–Kier alpha value is -3.95. The first kappa shape index (κ1) is 20.3. The van der Waals surface area contributed by atoms with E-state index in [0.29, 0.717) is 49.1 Å². The van der Waals surface area contributed by atoms with Gasteiger partial charge in [-0.15, -0.1) is 0 Å². The molecule has 9 nitrogen and oxygen atoms in total. The van der Waals surface area contributed by atoms with E-state index in [1.807, 2.05) is 6.07 Å². The van der Waals surface area contributed by atoms with Gasteiger partial charge < -0.3 is 25.6 Å². The molecule has 0 radical (unpaired) electrons. The Balaban J connectivity index is 1.35. The Labute approximate surface area is 178 Å². The maximum absolute atomic E-state index is 13.0. The van der Waals surface area contributed by atoms with Gasteiger partial charge in [-0.2, -0.15) is 0 Å². The zero-order valence-electron chi connectivity index (χ0n) is 16.7. The van der Waals surface area contributed by atoms with E-state index in [9.17, 15) is 9.18 Å². The third-order valence-electron chi connectivity index (χ3n) is 4.82. The van der Waals surface area contributed by atoms with Crippen LogP contribution in [-0.2, 0) is 6.61 Å². The summed E-state index contributed by atoms with van der Waals surface area (Å²) in [7, 11) is 0. The summed E-state index contributed by atoms with van der Waals surface area (Å²) in [5, 5.41) is 2.79. The van der Waals surface area contributed by atoms with Crippen molar-refractivity contribution in [1.82, 2.24) is 19.9 Å². The van der Waals surface area contributed by atoms with Crippen molar-refractivity contribution >= 4 is 23.5 Å². The lowest BCUT2D eigenvalue weighted by Gasteiger charge is -2.35. The number of pyridine rings is 1. The van der Waals surface area contributed by atoms with Crippen molar-refractivity contribution < 1.29 is 13.9 Å². The van der Waals surface area contributed by atoms with Crippen LogP contribution in [0.3, 0.4) is 0 Å². The molecule has 2 amide bonds. The smallest absolute Gasteiger partial charge is 0.321 e. The molecule has 10 heteroatoms. The van der Waals surface area contributed by atoms with Crippen LogP contribution in [-0.4, -0.2) is 52.1 Å². The summed E-state index contributed by atoms with van der Waals surface area (Å²) in [4.78, 5) is 28.8. The van der Waals surface area contributed by atoms with Crippen LogP contribution in [0.2, 0.25) is 0 Å². The largest absolute Gasteiger partial charge is 0.483 e. The average molecular weight is 423 g/mol. The number of nitrogens with one attached hydrogen (secondary N) is 1. The first-order chi connectivity index (χ1) is 15.1. The van der Waals surface area contributed by atoms with Gasteiger partial charge in [0.15, 0.2) is 11.6 Å². The number of halogens is 1. The molecule has 0 aliphatic carbocycles. The number of aromatic nitrogens is 3. The SMILES string of the molecule is Nc1nccc(COc2cccnc2N2CCN(C(=O)Nc3ccc(F)cc3)CC2)n1. The fourth-order valence-corrected chi connectivity index (χ4v) is 3.23. The van der Waals surface area contributed by atoms with Crippen molar-refractivity contribution in [2.24, 2.45) is 0 Å². The quantitative estimate of drug-likeness (QED) is 0.649. The van der Waals surface area contributed by atoms with Crippen molar-refractivity contribution in [3.8, 4) is 5.75 Å². The normalized spacial score (nSPS) is 13.7. The van der Waals surface area contributed by atoms with Gasteiger partial charge in [-0.1, -0.05) is 0 Å². The van der Waals surface area contributed by atoms with E-state index < -0.39 is 0 Å². The molecule has 2 aromatic heterocycles. The second kappa shape index (κ2) is 9.24. The number of amides is 2. The second-order valence-electron chi connectivity index (χ2n) is 6.93. The maximum atomic E-state index is 13.0. The highest BCUT2D eigenvalue weighted by atomic mass is 19.1. The molecule has 4 rings (SSSR count). The summed E-state index contributed by atoms with van der Waals surface area (Å²) in [5.74, 6) is 1.19. The number of anilines is 3. The molecule has 3 N–H and O–H groups in total. The summed E-state index contributed by atoms with van der Waals surface area (Å²) in [6.07, 6.45) is 3.29. The molecule has 160 valence electrons. The molecule has 0 spiro atoms. The van der Waals surface area contributed by atoms with Crippen molar-refractivity contribution in [3.63, 3.8) is 0 Å². The molecule has 1 aliphatic rings. The van der Waals surface area contributed by atoms with Crippen molar-refractivity contribution in [2.45, 2.75) is 6.61 Å². The monoisotopic (exact) mass is 423 g/mol. The van der Waals surface area contributed by atoms with Gasteiger partial charge >= 0.3 is 6.03 Å². The Kier molecular flexibility index (Phi) is 6.06. The number of ether oxygens (including phenoxy) is 1. The van der Waals surface area contributed by atoms with Gasteiger partial charge in [-0.25, -0.2) is 24.1 Å². The fraction of sp³-hybridized carbons (Fsp3) is 0.238. The minimum Gasteiger partial charge on any atom is -0.483 e. The molecule has 1 saturated heterocycles. The van der Waals surface area contributed by atoms with Crippen LogP contribution in [0.15, 0.2) is 54.9 Å². The number of piperazine rings is 1. The molecule has 3 heterocycles. The van der Waals surface area contributed by atoms with Gasteiger partial charge in [0.25, 0.3) is 0 Å². The molecule has 1 aliphatic heterocycles. The fourth-order valence-electron chi connectivity index (χ4n) is 3.23. The van der Waals surface area contributed by atoms with Crippen LogP contribution >= 0.6 is 0 Å². The predicted octanol–water partition coefficient (Wildman–Crippen LogP) is 2.53. The average Bonchev–Trinajstić information content (AvgIpc) is 2.79. The van der Waals surface area contributed by atoms with Crippen LogP contribution in [0.1, 0.15) is 5.69 Å². The highest BCUT2D eigenvalue weighted by molar-refractivity contribution is 5.89. The topological polar surface area (TPSA) is 109 Å². The summed E-state index contributed by atoms with van der Waals surface area (Å²) in [6.45, 7) is 2.48. The maximum Gasteiger partial charge on any atom is 0.321 e. The molecule has 1 aromatic carbocycles. The lowest BCUT2D eigenvalue weighted by Crippen LogP contribution is -2.50. The van der Waals surface area contributed by atoms with Gasteiger partial charge in [0, 0.05) is 44.3 Å². The van der Waals surface area contributed by atoms with E-state index in [2.05, 4.69) is 25.2 Å². The molecule has 0 saturated carbocycles. The van der Waals surface area contributed by atoms with Gasteiger partial charge in [0.1, 0.15) is 12.4 Å². The number of hydrogen-bond donors (Lipinski definition) is 2. The van der Waals surface area contributed by atoms with E-state index in [-0.39, 0.29) is 24.4 Å². The third kappa shape index (κ3) is 5.16. The molecule has 0 unspecified atom stereocenters. The number of carbonyl (C=O) groups is 1. The lowest BCUT2D eigenvalue weighted by molar-refractivity contribution is 0.208. The van der Waals surface area contributed by atoms with E-state index in [1.165, 1.54) is 24.3 Å². The van der Waals surface area contributed by atoms with E-state index in [4.69, 9.17) is 10.5 Å². The van der Waals surface area contributed by atoms with Crippen LogP contribution in [0.4, 0.5) is 26.6 Å². The Bertz CT molecular complexity index is 1040. The Morgan fingerprint density at radius 3 is 2.58 bits per heavy atom. The Morgan fingerprint density at radius 2 is 1.84 bits per heavy atom. The number of urea groups is 1. The summed E-state index contributed by atoms with van der Waals surface area (Å²) >= 11 is 0. The minimum absolute atomic E-state index is 0.197. The lowest BCUT2D eigenvalue weighted by atomic mass is 10.3. The molecule has 0 bridgehead atoms. The molecule has 1 fully saturated rings. The summed E-state index contributed by atoms with van der Waals surface area (Å²) in [5.41, 5.74) is 6.84. The first-order valence-corrected chi connectivity index (χ1v) is 9.80. The molecular formula is C21H22FN7O2. The number of hydrogen-bond acceptors (Lipinski definition) is 7. The number of nitrogens with two attached hydrogens (primary N) is 1. The second-order valence-corrected chi connectivity index (χ2v) is 6.93. The zero-order chi connectivity index (χ0) is 21.6. The third-order valence-corrected chi connectivity index (χ3v) is 4.82. The molecule has 3 aromatic rings. The number of nitrogens with zero attached hydrogens (tertiary/aromatic N) is 5. The van der Waals surface area contributed by atoms with E-state index in [0.717, 1.165) is 0 Å². The predicted molar refractivity (Wildman–Crippen MR) is 114 cm³/mol. The van der Waals surface area contributed by atoms with Crippen LogP contribution in [0, 0.1) is 5.82 Å². The van der Waals surface area contributed by atoms with Gasteiger partial charge in [-0.05, 0) is 42.5 Å². The standard InChI is InChI=1S/C21H22FN7O2/c22-15-3-5-16(6-4-15)27-21(30)29-12-10-28(11-13-29)19-18(2-1-8-24-19)31-14-17-7-9-25-20(23)26-17/h1-9H,10-14H2,(H,27,30)(H2,23,25,26). The molecule has 0 atom stereocenters. The summed E-state index contributed by atoms with van der Waals surface area (Å²) in [6, 6.07) is 10.9. The van der Waals surface area contributed by atoms with Crippen molar-refractivity contribution in [1.29, 1.82) is 0 Å². The minimum atomic E-state index is -0.344. The van der Waals surface area contributed by atoms with Crippen molar-refractivity contribution in [3.05, 3.63) is 66.4 Å². The molecule has 31 heavy (non-hydrogen) atoms. The van der Waals surface area contributed by atoms with E-state index in [1.54, 1.807) is 29.4 Å². The number of benzene rings is 1. The van der Waals surface area contributed by atoms with Gasteiger partial charge in [0.05, 0.1) is 5.69 Å². The van der Waals surface area contributed by atoms with E-state index >= 15 is 0 Å². The Morgan fingerprint density at radius 1 is 1.06 bits per heavy atom. The van der Waals surface area contributed by atoms with Crippen LogP contribution < -0.4 is 20.7 Å². The van der Waals surface area contributed by atoms with Crippen LogP contribution in [0.5, 0.6) is 5.75 Å². The molecular weight excluding hydrogens is 401 g/mol. The summed E-state index contributed by atoms with van der Waals surface area (Å²) < 4.78 is 18.9. The highest BCUT2D eigenvalue weighted by Gasteiger charge is 2.24. The van der Waals surface area contributed by atoms with Gasteiger partial charge in [-0.3, -0.25) is 0 Å². The van der Waals surface area contributed by atoms with Crippen molar-refractivity contribution in [2.75, 3.05) is 42.1 Å². The number of carbonyl (C=O) groups excluding carboxylic acids is 1. The zero-order valence-corrected chi connectivity index (χ0v) is 16.7. The number of nitrogen functional groups attached to an aromatic ring is 1. The number of rotatable bonds is 5.